The lowest BCUT2D eigenvalue weighted by Gasteiger charge is -2.07. The maximum Gasteiger partial charge on any atom is 0.339 e. The summed E-state index contributed by atoms with van der Waals surface area (Å²) in [5.74, 6) is 0.647. The summed E-state index contributed by atoms with van der Waals surface area (Å²) in [6, 6.07) is 3.18. The highest BCUT2D eigenvalue weighted by atomic mass is 32.2. The third kappa shape index (κ3) is 4.10. The van der Waals surface area contributed by atoms with E-state index in [1.54, 1.807) is 18.3 Å². The van der Waals surface area contributed by atoms with Crippen LogP contribution in [-0.2, 0) is 0 Å². The molecule has 0 saturated carbocycles. The van der Waals surface area contributed by atoms with Gasteiger partial charge in [-0.2, -0.15) is 11.8 Å². The van der Waals surface area contributed by atoms with Crippen molar-refractivity contribution in [2.75, 3.05) is 23.9 Å². The number of nitrogens with one attached hydrogen (secondary N) is 1. The molecular formula is C11H16N2O2S. The van der Waals surface area contributed by atoms with Crippen molar-refractivity contribution in [3.8, 4) is 0 Å². The first-order valence-corrected chi connectivity index (χ1v) is 6.56. The molecule has 2 N–H and O–H groups in total. The summed E-state index contributed by atoms with van der Waals surface area (Å²) in [4.78, 5) is 14.9. The summed E-state index contributed by atoms with van der Waals surface area (Å²) in [7, 11) is 0. The lowest BCUT2D eigenvalue weighted by atomic mass is 10.2. The number of hydrogen-bond donors (Lipinski definition) is 2. The predicted molar refractivity (Wildman–Crippen MR) is 67.3 cm³/mol. The van der Waals surface area contributed by atoms with Gasteiger partial charge in [-0.25, -0.2) is 9.78 Å². The molecule has 88 valence electrons. The van der Waals surface area contributed by atoms with Crippen LogP contribution in [0.5, 0.6) is 0 Å². The molecule has 0 aliphatic heterocycles. The number of hydrogen-bond acceptors (Lipinski definition) is 4. The Kier molecular flexibility index (Phi) is 5.71. The minimum atomic E-state index is -0.945. The summed E-state index contributed by atoms with van der Waals surface area (Å²) < 4.78 is 0. The lowest BCUT2D eigenvalue weighted by Crippen LogP contribution is -2.09. The van der Waals surface area contributed by atoms with E-state index >= 15 is 0 Å². The topological polar surface area (TPSA) is 62.2 Å². The van der Waals surface area contributed by atoms with Crippen molar-refractivity contribution >= 4 is 23.5 Å². The number of nitrogens with zero attached hydrogens (tertiary/aromatic N) is 1. The molecule has 1 heterocycles. The minimum absolute atomic E-state index is 0.229. The van der Waals surface area contributed by atoms with E-state index in [1.165, 1.54) is 0 Å². The van der Waals surface area contributed by atoms with Gasteiger partial charge >= 0.3 is 5.97 Å². The Bertz CT molecular complexity index is 345. The Hall–Kier alpha value is -1.23. The van der Waals surface area contributed by atoms with Gasteiger partial charge in [-0.3, -0.25) is 0 Å². The molecule has 0 unspecified atom stereocenters. The molecule has 0 aromatic carbocycles. The third-order valence-electron chi connectivity index (χ3n) is 2.11. The largest absolute Gasteiger partial charge is 0.478 e. The quantitative estimate of drug-likeness (QED) is 0.716. The molecule has 0 aliphatic rings. The molecule has 0 spiro atoms. The first-order chi connectivity index (χ1) is 7.75. The molecule has 0 fully saturated rings. The highest BCUT2D eigenvalue weighted by Gasteiger charge is 2.09. The highest BCUT2D eigenvalue weighted by molar-refractivity contribution is 7.98. The minimum Gasteiger partial charge on any atom is -0.478 e. The molecule has 0 aliphatic carbocycles. The smallest absolute Gasteiger partial charge is 0.339 e. The zero-order valence-corrected chi connectivity index (χ0v) is 10.1. The van der Waals surface area contributed by atoms with Crippen molar-refractivity contribution < 1.29 is 9.90 Å². The highest BCUT2D eigenvalue weighted by Crippen LogP contribution is 2.11. The van der Waals surface area contributed by atoms with Crippen LogP contribution in [-0.4, -0.2) is 34.6 Å². The van der Waals surface area contributed by atoms with E-state index in [-0.39, 0.29) is 5.56 Å². The SMILES string of the molecule is CSCCCCNc1ncccc1C(=O)O. The van der Waals surface area contributed by atoms with Crippen LogP contribution in [0.1, 0.15) is 23.2 Å². The molecule has 0 radical (unpaired) electrons. The summed E-state index contributed by atoms with van der Waals surface area (Å²) in [5, 5.41) is 12.0. The van der Waals surface area contributed by atoms with E-state index in [0.717, 1.165) is 25.1 Å². The Balaban J connectivity index is 2.44. The number of anilines is 1. The van der Waals surface area contributed by atoms with Crippen LogP contribution in [0.25, 0.3) is 0 Å². The van der Waals surface area contributed by atoms with Gasteiger partial charge in [0, 0.05) is 12.7 Å². The van der Waals surface area contributed by atoms with Crippen molar-refractivity contribution in [2.24, 2.45) is 0 Å². The second-order valence-corrected chi connectivity index (χ2v) is 4.32. The van der Waals surface area contributed by atoms with Crippen LogP contribution < -0.4 is 5.32 Å². The van der Waals surface area contributed by atoms with Crippen LogP contribution in [0.3, 0.4) is 0 Å². The number of carboxylic acid groups (broad SMARTS) is 1. The number of unbranched alkanes of at least 4 members (excludes halogenated alkanes) is 1. The average molecular weight is 240 g/mol. The Morgan fingerprint density at radius 3 is 3.06 bits per heavy atom. The van der Waals surface area contributed by atoms with E-state index in [9.17, 15) is 4.79 Å². The second kappa shape index (κ2) is 7.11. The number of thioether (sulfide) groups is 1. The van der Waals surface area contributed by atoms with E-state index in [4.69, 9.17) is 5.11 Å². The predicted octanol–water partition coefficient (Wildman–Crippen LogP) is 2.33. The van der Waals surface area contributed by atoms with Gasteiger partial charge in [0.2, 0.25) is 0 Å². The fourth-order valence-electron chi connectivity index (χ4n) is 1.30. The van der Waals surface area contributed by atoms with Crippen molar-refractivity contribution in [3.05, 3.63) is 23.9 Å². The molecule has 1 aromatic heterocycles. The molecule has 0 bridgehead atoms. The molecule has 0 amide bonds. The van der Waals surface area contributed by atoms with E-state index < -0.39 is 5.97 Å². The monoisotopic (exact) mass is 240 g/mol. The molecule has 1 rings (SSSR count). The van der Waals surface area contributed by atoms with Gasteiger partial charge in [0.15, 0.2) is 0 Å². The molecule has 0 saturated heterocycles. The lowest BCUT2D eigenvalue weighted by molar-refractivity contribution is 0.0697. The Labute approximate surface area is 99.5 Å². The molecule has 0 atom stereocenters. The number of aromatic nitrogens is 1. The number of pyridine rings is 1. The van der Waals surface area contributed by atoms with Gasteiger partial charge in [-0.05, 0) is 37.0 Å². The van der Waals surface area contributed by atoms with Gasteiger partial charge in [0.25, 0.3) is 0 Å². The van der Waals surface area contributed by atoms with Gasteiger partial charge in [-0.15, -0.1) is 0 Å². The standard InChI is InChI=1S/C11H16N2O2S/c1-16-8-3-2-6-12-10-9(11(14)15)5-4-7-13-10/h4-5,7H,2-3,6,8H2,1H3,(H,12,13)(H,14,15). The van der Waals surface area contributed by atoms with Crippen LogP contribution in [0.4, 0.5) is 5.82 Å². The zero-order valence-electron chi connectivity index (χ0n) is 9.27. The van der Waals surface area contributed by atoms with E-state index in [0.29, 0.717) is 5.82 Å². The van der Waals surface area contributed by atoms with Gasteiger partial charge in [-0.1, -0.05) is 0 Å². The normalized spacial score (nSPS) is 10.1. The van der Waals surface area contributed by atoms with Gasteiger partial charge in [0.05, 0.1) is 0 Å². The number of rotatable bonds is 7. The van der Waals surface area contributed by atoms with Crippen LogP contribution in [0, 0.1) is 0 Å². The van der Waals surface area contributed by atoms with Gasteiger partial charge in [0.1, 0.15) is 11.4 Å². The van der Waals surface area contributed by atoms with Crippen molar-refractivity contribution in [1.82, 2.24) is 4.98 Å². The molecular weight excluding hydrogens is 224 g/mol. The van der Waals surface area contributed by atoms with Crippen LogP contribution in [0.2, 0.25) is 0 Å². The first-order valence-electron chi connectivity index (χ1n) is 5.17. The average Bonchev–Trinajstić information content (AvgIpc) is 2.29. The number of carboxylic acids is 1. The van der Waals surface area contributed by atoms with Gasteiger partial charge < -0.3 is 10.4 Å². The summed E-state index contributed by atoms with van der Waals surface area (Å²) in [6.07, 6.45) is 5.82. The first kappa shape index (κ1) is 12.8. The Morgan fingerprint density at radius 1 is 1.56 bits per heavy atom. The van der Waals surface area contributed by atoms with Crippen LogP contribution in [0.15, 0.2) is 18.3 Å². The maximum atomic E-state index is 10.9. The fraction of sp³-hybridized carbons (Fsp3) is 0.455. The molecule has 16 heavy (non-hydrogen) atoms. The molecule has 4 nitrogen and oxygen atoms in total. The van der Waals surface area contributed by atoms with E-state index in [1.807, 2.05) is 11.8 Å². The second-order valence-electron chi connectivity index (χ2n) is 3.33. The molecule has 5 heteroatoms. The summed E-state index contributed by atoms with van der Waals surface area (Å²) >= 11 is 1.82. The van der Waals surface area contributed by atoms with E-state index in [2.05, 4.69) is 16.6 Å². The third-order valence-corrected chi connectivity index (χ3v) is 2.80. The summed E-state index contributed by atoms with van der Waals surface area (Å²) in [6.45, 7) is 0.762. The molecule has 1 aromatic rings. The maximum absolute atomic E-state index is 10.9. The zero-order chi connectivity index (χ0) is 11.8. The van der Waals surface area contributed by atoms with Crippen molar-refractivity contribution in [2.45, 2.75) is 12.8 Å². The number of carbonyl (C=O) groups is 1. The number of aromatic carboxylic acids is 1. The fourth-order valence-corrected chi connectivity index (χ4v) is 1.79. The van der Waals surface area contributed by atoms with Crippen molar-refractivity contribution in [1.29, 1.82) is 0 Å². The van der Waals surface area contributed by atoms with Crippen molar-refractivity contribution in [3.63, 3.8) is 0 Å². The van der Waals surface area contributed by atoms with Crippen LogP contribution >= 0.6 is 11.8 Å². The Morgan fingerprint density at radius 2 is 2.38 bits per heavy atom. The summed E-state index contributed by atoms with van der Waals surface area (Å²) in [5.41, 5.74) is 0.229.